The number of benzene rings is 3. The molecule has 0 saturated heterocycles. The Morgan fingerprint density at radius 1 is 1.06 bits per heavy atom. The Morgan fingerprint density at radius 2 is 1.81 bits per heavy atom. The predicted molar refractivity (Wildman–Crippen MR) is 114 cm³/mol. The smallest absolute Gasteiger partial charge is 0.354 e. The minimum absolute atomic E-state index is 0.127. The molecule has 4 rings (SSSR count). The molecule has 0 fully saturated rings. The third kappa shape index (κ3) is 4.33. The second kappa shape index (κ2) is 7.95. The van der Waals surface area contributed by atoms with E-state index in [0.29, 0.717) is 11.8 Å². The number of nitrogens with one attached hydrogen (secondary N) is 2. The van der Waals surface area contributed by atoms with E-state index in [0.717, 1.165) is 38.9 Å². The fourth-order valence-corrected chi connectivity index (χ4v) is 3.99. The minimum Gasteiger partial charge on any atom is -0.354 e. The molecule has 1 heterocycles. The molecule has 0 unspecified atom stereocenters. The van der Waals surface area contributed by atoms with Crippen molar-refractivity contribution >= 4 is 40.2 Å². The average molecular weight is 444 g/mol. The molecule has 1 aliphatic rings. The van der Waals surface area contributed by atoms with E-state index in [-0.39, 0.29) is 5.69 Å². The normalized spacial score (nSPS) is 13.1. The highest BCUT2D eigenvalue weighted by Crippen LogP contribution is 2.44. The Bertz CT molecular complexity index is 1210. The number of hydrogen-bond acceptors (Lipinski definition) is 6. The first-order valence-corrected chi connectivity index (χ1v) is 9.88. The molecule has 0 radical (unpaired) electrons. The van der Waals surface area contributed by atoms with Crippen LogP contribution in [-0.2, 0) is 6.18 Å². The van der Waals surface area contributed by atoms with Gasteiger partial charge in [0.1, 0.15) is 5.69 Å². The highest BCUT2D eigenvalue weighted by Gasteiger charge is 2.33. The molecule has 6 nitrogen and oxygen atoms in total. The van der Waals surface area contributed by atoms with Gasteiger partial charge in [-0.2, -0.15) is 18.3 Å². The van der Waals surface area contributed by atoms with Crippen molar-refractivity contribution in [2.75, 3.05) is 10.7 Å². The van der Waals surface area contributed by atoms with Crippen molar-refractivity contribution in [2.24, 2.45) is 5.10 Å². The van der Waals surface area contributed by atoms with Crippen molar-refractivity contribution in [3.8, 4) is 0 Å². The Hall–Kier alpha value is -3.53. The number of nitro benzene ring substituents is 1. The van der Waals surface area contributed by atoms with Gasteiger partial charge in [-0.3, -0.25) is 15.5 Å². The molecule has 0 atom stereocenters. The Labute approximate surface area is 179 Å². The van der Waals surface area contributed by atoms with E-state index in [1.165, 1.54) is 0 Å². The van der Waals surface area contributed by atoms with E-state index in [1.54, 1.807) is 18.7 Å². The molecule has 158 valence electrons. The maximum atomic E-state index is 12.9. The van der Waals surface area contributed by atoms with E-state index in [4.69, 9.17) is 0 Å². The molecule has 0 spiro atoms. The first-order chi connectivity index (χ1) is 14.7. The molecular formula is C21H15F3N4O2S. The highest BCUT2D eigenvalue weighted by molar-refractivity contribution is 7.99. The van der Waals surface area contributed by atoms with Crippen LogP contribution in [-0.4, -0.2) is 10.6 Å². The van der Waals surface area contributed by atoms with Crippen LogP contribution in [0.25, 0.3) is 0 Å². The predicted octanol–water partition coefficient (Wildman–Crippen LogP) is 6.66. The van der Waals surface area contributed by atoms with Crippen molar-refractivity contribution in [1.29, 1.82) is 0 Å². The molecule has 31 heavy (non-hydrogen) atoms. The van der Waals surface area contributed by atoms with Crippen molar-refractivity contribution in [3.63, 3.8) is 0 Å². The summed E-state index contributed by atoms with van der Waals surface area (Å²) >= 11 is 1.64. The number of hydrogen-bond donors (Lipinski definition) is 2. The van der Waals surface area contributed by atoms with Gasteiger partial charge in [0.15, 0.2) is 0 Å². The zero-order valence-corrected chi connectivity index (χ0v) is 16.8. The topological polar surface area (TPSA) is 79.6 Å². The number of fused-ring (bicyclic) bond motifs is 2. The summed E-state index contributed by atoms with van der Waals surface area (Å²) in [7, 11) is 0. The maximum Gasteiger partial charge on any atom is 0.416 e. The molecule has 0 aromatic heterocycles. The molecule has 1 aliphatic heterocycles. The summed E-state index contributed by atoms with van der Waals surface area (Å²) in [5, 5.41) is 18.7. The lowest BCUT2D eigenvalue weighted by atomic mass is 10.1. The second-order valence-corrected chi connectivity index (χ2v) is 7.81. The van der Waals surface area contributed by atoms with Gasteiger partial charge in [0.2, 0.25) is 0 Å². The fraction of sp³-hybridized carbons (Fsp3) is 0.0952. The van der Waals surface area contributed by atoms with Crippen LogP contribution in [0, 0.1) is 10.1 Å². The Morgan fingerprint density at radius 3 is 2.55 bits per heavy atom. The zero-order chi connectivity index (χ0) is 22.2. The number of anilines is 3. The second-order valence-electron chi connectivity index (χ2n) is 6.73. The summed E-state index contributed by atoms with van der Waals surface area (Å²) < 4.78 is 38.6. The molecule has 10 heteroatoms. The van der Waals surface area contributed by atoms with Crippen LogP contribution >= 0.6 is 11.8 Å². The van der Waals surface area contributed by atoms with Gasteiger partial charge in [-0.05, 0) is 48.9 Å². The molecular weight excluding hydrogens is 429 g/mol. The number of rotatable bonds is 4. The fourth-order valence-electron chi connectivity index (χ4n) is 3.03. The van der Waals surface area contributed by atoms with Crippen molar-refractivity contribution in [2.45, 2.75) is 22.9 Å². The molecule has 3 aromatic rings. The molecule has 2 N–H and O–H groups in total. The van der Waals surface area contributed by atoms with Crippen LogP contribution in [0.4, 0.5) is 35.9 Å². The monoisotopic (exact) mass is 444 g/mol. The van der Waals surface area contributed by atoms with Crippen molar-refractivity contribution < 1.29 is 18.1 Å². The van der Waals surface area contributed by atoms with Gasteiger partial charge < -0.3 is 5.32 Å². The van der Waals surface area contributed by atoms with E-state index in [1.807, 2.05) is 42.5 Å². The van der Waals surface area contributed by atoms with E-state index >= 15 is 0 Å². The Kier molecular flexibility index (Phi) is 5.32. The van der Waals surface area contributed by atoms with E-state index in [9.17, 15) is 23.3 Å². The van der Waals surface area contributed by atoms with Crippen LogP contribution in [0.5, 0.6) is 0 Å². The summed E-state index contributed by atoms with van der Waals surface area (Å²) in [5.74, 6) is 0. The summed E-state index contributed by atoms with van der Waals surface area (Å²) in [6.07, 6.45) is -4.67. The van der Waals surface area contributed by atoms with Crippen LogP contribution in [0.1, 0.15) is 18.1 Å². The first kappa shape index (κ1) is 20.7. The van der Waals surface area contributed by atoms with Gasteiger partial charge in [-0.15, -0.1) is 0 Å². The number of nitro groups is 1. The number of para-hydroxylation sites is 1. The summed E-state index contributed by atoms with van der Waals surface area (Å²) in [6.45, 7) is 1.70. The van der Waals surface area contributed by atoms with Gasteiger partial charge in [0.05, 0.1) is 27.6 Å². The zero-order valence-electron chi connectivity index (χ0n) is 16.0. The largest absolute Gasteiger partial charge is 0.416 e. The van der Waals surface area contributed by atoms with Crippen LogP contribution in [0.3, 0.4) is 0 Å². The highest BCUT2D eigenvalue weighted by atomic mass is 32.2. The molecule has 0 aliphatic carbocycles. The van der Waals surface area contributed by atoms with E-state index < -0.39 is 22.4 Å². The van der Waals surface area contributed by atoms with Crippen molar-refractivity contribution in [3.05, 3.63) is 81.9 Å². The maximum absolute atomic E-state index is 12.9. The number of alkyl halides is 3. The van der Waals surface area contributed by atoms with Crippen molar-refractivity contribution in [1.82, 2.24) is 0 Å². The van der Waals surface area contributed by atoms with Crippen LogP contribution in [0.15, 0.2) is 75.6 Å². The van der Waals surface area contributed by atoms with E-state index in [2.05, 4.69) is 15.8 Å². The number of nitrogens with zero attached hydrogens (tertiary/aromatic N) is 2. The van der Waals surface area contributed by atoms with Gasteiger partial charge >= 0.3 is 6.18 Å². The lowest BCUT2D eigenvalue weighted by Gasteiger charge is -2.21. The van der Waals surface area contributed by atoms with Crippen LogP contribution in [0.2, 0.25) is 0 Å². The van der Waals surface area contributed by atoms with Crippen LogP contribution < -0.4 is 10.7 Å². The third-order valence-corrected chi connectivity index (χ3v) is 5.79. The summed E-state index contributed by atoms with van der Waals surface area (Å²) in [4.78, 5) is 12.5. The molecule has 0 bridgehead atoms. The minimum atomic E-state index is -4.67. The lowest BCUT2D eigenvalue weighted by Crippen LogP contribution is -2.07. The average Bonchev–Trinajstić information content (AvgIpc) is 2.74. The van der Waals surface area contributed by atoms with Gasteiger partial charge in [-0.1, -0.05) is 30.0 Å². The first-order valence-electron chi connectivity index (χ1n) is 9.06. The molecule has 0 saturated carbocycles. The van der Waals surface area contributed by atoms with Gasteiger partial charge in [-0.25, -0.2) is 0 Å². The standard InChI is InChI=1S/C21H15F3N4O2S/c1-12(26-27-15-8-7-14(21(22,23)24)11-18(15)28(29)30)13-6-9-20-17(10-13)25-16-4-2-3-5-19(16)31-20/h2-11,25,27H,1H3/b26-12-. The quantitative estimate of drug-likeness (QED) is 0.209. The Balaban J connectivity index is 1.58. The third-order valence-electron chi connectivity index (χ3n) is 4.64. The number of halogens is 3. The molecule has 3 aromatic carbocycles. The number of hydrazone groups is 1. The van der Waals surface area contributed by atoms with Gasteiger partial charge in [0.25, 0.3) is 5.69 Å². The van der Waals surface area contributed by atoms with Gasteiger partial charge in [0, 0.05) is 15.9 Å². The lowest BCUT2D eigenvalue weighted by molar-refractivity contribution is -0.384. The molecule has 0 amide bonds. The summed E-state index contributed by atoms with van der Waals surface area (Å²) in [6, 6.07) is 15.9. The summed E-state index contributed by atoms with van der Waals surface area (Å²) in [5.41, 5.74) is 3.76. The SMILES string of the molecule is C/C(=N/Nc1ccc(C(F)(F)F)cc1[N+](=O)[O-])c1ccc2c(c1)Nc1ccccc1S2.